The average molecular weight is 244 g/mol. The predicted molar refractivity (Wildman–Crippen MR) is 64.0 cm³/mol. The van der Waals surface area contributed by atoms with Crippen molar-refractivity contribution >= 4 is 15.9 Å². The van der Waals surface area contributed by atoms with Crippen LogP contribution < -0.4 is 9.46 Å². The van der Waals surface area contributed by atoms with E-state index in [0.29, 0.717) is 11.4 Å². The number of benzene rings is 1. The van der Waals surface area contributed by atoms with E-state index in [2.05, 4.69) is 4.72 Å². The van der Waals surface area contributed by atoms with Crippen molar-refractivity contribution in [3.05, 3.63) is 23.8 Å². The van der Waals surface area contributed by atoms with E-state index in [4.69, 9.17) is 4.74 Å². The molecule has 0 saturated carbocycles. The predicted octanol–water partition coefficient (Wildman–Crippen LogP) is 1.22. The molecule has 90 valence electrons. The Bertz CT molecular complexity index is 469. The highest BCUT2D eigenvalue weighted by Crippen LogP contribution is 2.26. The SMILES string of the molecule is COc1ccc(C)cc1NS(=O)(=O)N(C)C. The molecule has 0 spiro atoms. The van der Waals surface area contributed by atoms with E-state index in [9.17, 15) is 8.42 Å². The number of methoxy groups -OCH3 is 1. The molecule has 0 aliphatic rings. The molecular formula is C10H16N2O3S. The summed E-state index contributed by atoms with van der Waals surface area (Å²) in [6, 6.07) is 5.30. The highest BCUT2D eigenvalue weighted by molar-refractivity contribution is 7.90. The van der Waals surface area contributed by atoms with Gasteiger partial charge in [0, 0.05) is 14.1 Å². The van der Waals surface area contributed by atoms with E-state index in [1.165, 1.54) is 21.2 Å². The van der Waals surface area contributed by atoms with Gasteiger partial charge in [0.15, 0.2) is 0 Å². The summed E-state index contributed by atoms with van der Waals surface area (Å²) in [6.07, 6.45) is 0. The molecular weight excluding hydrogens is 228 g/mol. The van der Waals surface area contributed by atoms with E-state index in [1.54, 1.807) is 12.1 Å². The van der Waals surface area contributed by atoms with Crippen LogP contribution in [-0.2, 0) is 10.2 Å². The third-order valence-electron chi connectivity index (χ3n) is 2.07. The van der Waals surface area contributed by atoms with Gasteiger partial charge in [0.05, 0.1) is 12.8 Å². The monoisotopic (exact) mass is 244 g/mol. The fourth-order valence-electron chi connectivity index (χ4n) is 1.13. The van der Waals surface area contributed by atoms with Crippen molar-refractivity contribution in [3.63, 3.8) is 0 Å². The Balaban J connectivity index is 3.10. The van der Waals surface area contributed by atoms with Gasteiger partial charge in [0.25, 0.3) is 0 Å². The minimum atomic E-state index is -3.50. The van der Waals surface area contributed by atoms with Crippen LogP contribution >= 0.6 is 0 Å². The molecule has 1 rings (SSSR count). The lowest BCUT2D eigenvalue weighted by Gasteiger charge is -2.15. The highest BCUT2D eigenvalue weighted by Gasteiger charge is 2.15. The van der Waals surface area contributed by atoms with Gasteiger partial charge in [0.2, 0.25) is 0 Å². The molecule has 0 fully saturated rings. The lowest BCUT2D eigenvalue weighted by atomic mass is 10.2. The third-order valence-corrected chi connectivity index (χ3v) is 3.51. The first-order valence-electron chi connectivity index (χ1n) is 4.71. The van der Waals surface area contributed by atoms with Gasteiger partial charge in [-0.25, -0.2) is 0 Å². The molecule has 0 radical (unpaired) electrons. The number of nitrogens with one attached hydrogen (secondary N) is 1. The lowest BCUT2D eigenvalue weighted by Crippen LogP contribution is -2.29. The summed E-state index contributed by atoms with van der Waals surface area (Å²) in [4.78, 5) is 0. The van der Waals surface area contributed by atoms with Gasteiger partial charge in [-0.1, -0.05) is 6.07 Å². The Morgan fingerprint density at radius 1 is 1.31 bits per heavy atom. The smallest absolute Gasteiger partial charge is 0.301 e. The summed E-state index contributed by atoms with van der Waals surface area (Å²) >= 11 is 0. The molecule has 5 nitrogen and oxygen atoms in total. The van der Waals surface area contributed by atoms with Gasteiger partial charge in [-0.05, 0) is 24.6 Å². The van der Waals surface area contributed by atoms with Crippen LogP contribution in [0.15, 0.2) is 18.2 Å². The normalized spacial score (nSPS) is 11.6. The van der Waals surface area contributed by atoms with E-state index >= 15 is 0 Å². The largest absolute Gasteiger partial charge is 0.495 e. The fourth-order valence-corrected chi connectivity index (χ4v) is 1.75. The minimum absolute atomic E-state index is 0.441. The molecule has 0 saturated heterocycles. The zero-order valence-electron chi connectivity index (χ0n) is 9.81. The topological polar surface area (TPSA) is 58.6 Å². The molecule has 1 N–H and O–H groups in total. The van der Waals surface area contributed by atoms with Crippen LogP contribution in [0.4, 0.5) is 5.69 Å². The molecule has 0 unspecified atom stereocenters. The first kappa shape index (κ1) is 12.8. The van der Waals surface area contributed by atoms with Crippen molar-refractivity contribution in [1.82, 2.24) is 4.31 Å². The fraction of sp³-hybridized carbons (Fsp3) is 0.400. The number of hydrogen-bond acceptors (Lipinski definition) is 3. The number of anilines is 1. The Hall–Kier alpha value is -1.27. The molecule has 0 heterocycles. The summed E-state index contributed by atoms with van der Waals surface area (Å²) in [7, 11) is 0.927. The number of nitrogens with zero attached hydrogens (tertiary/aromatic N) is 1. The number of hydrogen-bond donors (Lipinski definition) is 1. The van der Waals surface area contributed by atoms with Crippen LogP contribution in [0.25, 0.3) is 0 Å². The molecule has 0 atom stereocenters. The molecule has 16 heavy (non-hydrogen) atoms. The van der Waals surface area contributed by atoms with E-state index in [-0.39, 0.29) is 0 Å². The van der Waals surface area contributed by atoms with Gasteiger partial charge >= 0.3 is 10.2 Å². The average Bonchev–Trinajstić information content (AvgIpc) is 2.17. The minimum Gasteiger partial charge on any atom is -0.495 e. The maximum Gasteiger partial charge on any atom is 0.301 e. The molecule has 0 amide bonds. The van der Waals surface area contributed by atoms with E-state index < -0.39 is 10.2 Å². The second kappa shape index (κ2) is 4.71. The van der Waals surface area contributed by atoms with Gasteiger partial charge in [-0.2, -0.15) is 12.7 Å². The first-order valence-corrected chi connectivity index (χ1v) is 6.15. The van der Waals surface area contributed by atoms with Crippen molar-refractivity contribution in [2.45, 2.75) is 6.92 Å². The van der Waals surface area contributed by atoms with Gasteiger partial charge in [0.1, 0.15) is 5.75 Å². The Morgan fingerprint density at radius 3 is 2.44 bits per heavy atom. The standard InChI is InChI=1S/C10H16N2O3S/c1-8-5-6-10(15-4)9(7-8)11-16(13,14)12(2)3/h5-7,11H,1-4H3. The second-order valence-corrected chi connectivity index (χ2v) is 5.48. The van der Waals surface area contributed by atoms with Crippen LogP contribution in [0.2, 0.25) is 0 Å². The summed E-state index contributed by atoms with van der Waals surface area (Å²) in [5.41, 5.74) is 1.40. The Labute approximate surface area is 96.2 Å². The van der Waals surface area contributed by atoms with Crippen molar-refractivity contribution in [1.29, 1.82) is 0 Å². The highest BCUT2D eigenvalue weighted by atomic mass is 32.2. The lowest BCUT2D eigenvalue weighted by molar-refractivity contribution is 0.416. The molecule has 1 aromatic rings. The summed E-state index contributed by atoms with van der Waals surface area (Å²) < 4.78 is 31.9. The molecule has 0 aliphatic heterocycles. The van der Waals surface area contributed by atoms with Crippen molar-refractivity contribution in [2.75, 3.05) is 25.9 Å². The van der Waals surface area contributed by atoms with E-state index in [1.807, 2.05) is 13.0 Å². The van der Waals surface area contributed by atoms with Crippen LogP contribution in [0.3, 0.4) is 0 Å². The quantitative estimate of drug-likeness (QED) is 0.866. The Kier molecular flexibility index (Phi) is 3.77. The Morgan fingerprint density at radius 2 is 1.94 bits per heavy atom. The second-order valence-electron chi connectivity index (χ2n) is 3.59. The van der Waals surface area contributed by atoms with Gasteiger partial charge in [-0.15, -0.1) is 0 Å². The van der Waals surface area contributed by atoms with Gasteiger partial charge in [-0.3, -0.25) is 4.72 Å². The molecule has 0 aromatic heterocycles. The first-order chi connectivity index (χ1) is 7.36. The maximum absolute atomic E-state index is 11.6. The van der Waals surface area contributed by atoms with Crippen LogP contribution in [0.1, 0.15) is 5.56 Å². The maximum atomic E-state index is 11.6. The molecule has 0 bridgehead atoms. The van der Waals surface area contributed by atoms with Crippen molar-refractivity contribution in [3.8, 4) is 5.75 Å². The molecule has 6 heteroatoms. The number of aryl methyl sites for hydroxylation is 1. The van der Waals surface area contributed by atoms with E-state index in [0.717, 1.165) is 9.87 Å². The van der Waals surface area contributed by atoms with Crippen LogP contribution in [0.5, 0.6) is 5.75 Å². The zero-order valence-corrected chi connectivity index (χ0v) is 10.6. The van der Waals surface area contributed by atoms with Gasteiger partial charge < -0.3 is 4.74 Å². The van der Waals surface area contributed by atoms with Crippen LogP contribution in [-0.4, -0.2) is 33.9 Å². The van der Waals surface area contributed by atoms with Crippen LogP contribution in [0, 0.1) is 6.92 Å². The zero-order chi connectivity index (χ0) is 12.3. The summed E-state index contributed by atoms with van der Waals surface area (Å²) in [6.45, 7) is 1.88. The third kappa shape index (κ3) is 2.86. The van der Waals surface area contributed by atoms with Crippen molar-refractivity contribution in [2.24, 2.45) is 0 Å². The summed E-state index contributed by atoms with van der Waals surface area (Å²) in [5, 5.41) is 0. The number of rotatable bonds is 4. The number of ether oxygens (including phenoxy) is 1. The molecule has 1 aromatic carbocycles. The van der Waals surface area contributed by atoms with Crippen molar-refractivity contribution < 1.29 is 13.2 Å². The molecule has 0 aliphatic carbocycles. The summed E-state index contributed by atoms with van der Waals surface area (Å²) in [5.74, 6) is 0.496.